The molecule has 0 heterocycles. The van der Waals surface area contributed by atoms with Crippen molar-refractivity contribution in [3.63, 3.8) is 0 Å². The fraction of sp³-hybridized carbons (Fsp3) is 0.600. The third-order valence-corrected chi connectivity index (χ3v) is 4.20. The van der Waals surface area contributed by atoms with E-state index < -0.39 is 9.84 Å². The van der Waals surface area contributed by atoms with Crippen LogP contribution in [0.5, 0.6) is 0 Å². The van der Waals surface area contributed by atoms with Crippen molar-refractivity contribution in [2.75, 3.05) is 25.1 Å². The number of halogens is 1. The predicted octanol–water partition coefficient (Wildman–Crippen LogP) is 2.42. The highest BCUT2D eigenvalue weighted by atomic mass is 32.2. The van der Waals surface area contributed by atoms with Crippen molar-refractivity contribution in [3.05, 3.63) is 35.6 Å². The molecule has 1 rings (SSSR count). The second kappa shape index (κ2) is 8.37. The van der Waals surface area contributed by atoms with Gasteiger partial charge in [-0.05, 0) is 49.9 Å². The van der Waals surface area contributed by atoms with Gasteiger partial charge < -0.3 is 5.32 Å². The van der Waals surface area contributed by atoms with E-state index in [9.17, 15) is 12.8 Å². The van der Waals surface area contributed by atoms with E-state index in [0.29, 0.717) is 18.4 Å². The van der Waals surface area contributed by atoms with Crippen molar-refractivity contribution in [1.29, 1.82) is 0 Å². The zero-order chi connectivity index (χ0) is 15.0. The topological polar surface area (TPSA) is 46.2 Å². The Bertz CT molecular complexity index is 502. The van der Waals surface area contributed by atoms with Gasteiger partial charge in [0.25, 0.3) is 0 Å². The van der Waals surface area contributed by atoms with Gasteiger partial charge in [0.15, 0.2) is 0 Å². The first kappa shape index (κ1) is 17.1. The lowest BCUT2D eigenvalue weighted by atomic mass is 9.96. The van der Waals surface area contributed by atoms with Crippen LogP contribution in [0.4, 0.5) is 4.39 Å². The molecule has 20 heavy (non-hydrogen) atoms. The summed E-state index contributed by atoms with van der Waals surface area (Å²) in [5, 5.41) is 3.29. The zero-order valence-corrected chi connectivity index (χ0v) is 13.0. The molecule has 0 aliphatic heterocycles. The Morgan fingerprint density at radius 1 is 1.30 bits per heavy atom. The van der Waals surface area contributed by atoms with Crippen LogP contribution < -0.4 is 5.32 Å². The third-order valence-electron chi connectivity index (χ3n) is 3.22. The Kier molecular flexibility index (Phi) is 7.16. The summed E-state index contributed by atoms with van der Waals surface area (Å²) in [5.41, 5.74) is 0.657. The lowest BCUT2D eigenvalue weighted by Crippen LogP contribution is -2.27. The Morgan fingerprint density at radius 3 is 2.60 bits per heavy atom. The van der Waals surface area contributed by atoms with Crippen LogP contribution in [-0.2, 0) is 16.3 Å². The summed E-state index contributed by atoms with van der Waals surface area (Å²) < 4.78 is 36.3. The average molecular weight is 301 g/mol. The van der Waals surface area contributed by atoms with E-state index in [1.54, 1.807) is 12.1 Å². The molecule has 3 nitrogen and oxygen atoms in total. The van der Waals surface area contributed by atoms with E-state index in [0.717, 1.165) is 19.5 Å². The zero-order valence-electron chi connectivity index (χ0n) is 12.2. The highest BCUT2D eigenvalue weighted by Crippen LogP contribution is 2.16. The molecule has 0 saturated carbocycles. The van der Waals surface area contributed by atoms with Gasteiger partial charge in [-0.1, -0.05) is 25.1 Å². The van der Waals surface area contributed by atoms with E-state index >= 15 is 0 Å². The van der Waals surface area contributed by atoms with Crippen LogP contribution in [0.3, 0.4) is 0 Å². The molecule has 1 aromatic rings. The number of sulfone groups is 1. The van der Waals surface area contributed by atoms with E-state index in [1.807, 2.05) is 6.07 Å². The van der Waals surface area contributed by atoms with Crippen LogP contribution in [0.25, 0.3) is 0 Å². The maximum absolute atomic E-state index is 13.7. The summed E-state index contributed by atoms with van der Waals surface area (Å²) in [4.78, 5) is 0. The summed E-state index contributed by atoms with van der Waals surface area (Å²) >= 11 is 0. The van der Waals surface area contributed by atoms with Gasteiger partial charge in [0.1, 0.15) is 15.7 Å². The molecule has 0 aliphatic rings. The predicted molar refractivity (Wildman–Crippen MR) is 81.1 cm³/mol. The number of hydrogen-bond acceptors (Lipinski definition) is 3. The van der Waals surface area contributed by atoms with E-state index in [4.69, 9.17) is 0 Å². The molecule has 5 heteroatoms. The van der Waals surface area contributed by atoms with Crippen LogP contribution in [0.1, 0.15) is 25.3 Å². The van der Waals surface area contributed by atoms with Gasteiger partial charge >= 0.3 is 0 Å². The van der Waals surface area contributed by atoms with Gasteiger partial charge in [-0.25, -0.2) is 12.8 Å². The van der Waals surface area contributed by atoms with E-state index in [-0.39, 0.29) is 17.5 Å². The first-order valence-corrected chi connectivity index (χ1v) is 9.10. The molecule has 0 spiro atoms. The first-order valence-electron chi connectivity index (χ1n) is 7.04. The molecule has 0 aromatic heterocycles. The molecule has 0 bridgehead atoms. The summed E-state index contributed by atoms with van der Waals surface area (Å²) in [6.45, 7) is 3.69. The molecule has 0 saturated heterocycles. The van der Waals surface area contributed by atoms with Crippen LogP contribution in [0.2, 0.25) is 0 Å². The van der Waals surface area contributed by atoms with E-state index in [2.05, 4.69) is 12.2 Å². The van der Waals surface area contributed by atoms with Crippen molar-refractivity contribution in [2.45, 2.75) is 26.2 Å². The van der Waals surface area contributed by atoms with Gasteiger partial charge in [0.2, 0.25) is 0 Å². The van der Waals surface area contributed by atoms with Crippen LogP contribution in [0, 0.1) is 11.7 Å². The fourth-order valence-electron chi connectivity index (χ4n) is 2.11. The SMILES string of the molecule is CCCNCC(CCS(C)(=O)=O)Cc1ccccc1F. The molecule has 0 aliphatic carbocycles. The van der Waals surface area contributed by atoms with Crippen molar-refractivity contribution in [2.24, 2.45) is 5.92 Å². The monoisotopic (exact) mass is 301 g/mol. The number of nitrogens with one attached hydrogen (secondary N) is 1. The summed E-state index contributed by atoms with van der Waals surface area (Å²) in [5.74, 6) is 0.0699. The standard InChI is InChI=1S/C15H24FNO2S/c1-3-9-17-12-13(8-10-20(2,18)19)11-14-6-4-5-7-15(14)16/h4-7,13,17H,3,8-12H2,1-2H3. The normalized spacial score (nSPS) is 13.3. The van der Waals surface area contributed by atoms with Gasteiger partial charge in [0, 0.05) is 6.26 Å². The lowest BCUT2D eigenvalue weighted by Gasteiger charge is -2.17. The number of hydrogen-bond donors (Lipinski definition) is 1. The number of rotatable bonds is 9. The van der Waals surface area contributed by atoms with Crippen molar-refractivity contribution >= 4 is 9.84 Å². The minimum atomic E-state index is -2.97. The largest absolute Gasteiger partial charge is 0.316 e. The van der Waals surface area contributed by atoms with Gasteiger partial charge in [-0.15, -0.1) is 0 Å². The average Bonchev–Trinajstić information content (AvgIpc) is 2.37. The molecule has 0 fully saturated rings. The minimum Gasteiger partial charge on any atom is -0.316 e. The lowest BCUT2D eigenvalue weighted by molar-refractivity contribution is 0.450. The summed E-state index contributed by atoms with van der Waals surface area (Å²) in [6, 6.07) is 6.69. The Labute approximate surface area is 121 Å². The Morgan fingerprint density at radius 2 is 2.00 bits per heavy atom. The molecule has 0 amide bonds. The molecule has 0 radical (unpaired) electrons. The second-order valence-corrected chi connectivity index (χ2v) is 7.54. The van der Waals surface area contributed by atoms with Crippen LogP contribution in [0.15, 0.2) is 24.3 Å². The first-order chi connectivity index (χ1) is 9.42. The molecule has 1 unspecified atom stereocenters. The third kappa shape index (κ3) is 7.01. The Balaban J connectivity index is 2.64. The summed E-state index contributed by atoms with van der Waals surface area (Å²) in [7, 11) is -2.97. The highest BCUT2D eigenvalue weighted by molar-refractivity contribution is 7.90. The van der Waals surface area contributed by atoms with Gasteiger partial charge in [0.05, 0.1) is 5.75 Å². The highest BCUT2D eigenvalue weighted by Gasteiger charge is 2.14. The molecular weight excluding hydrogens is 277 g/mol. The second-order valence-electron chi connectivity index (χ2n) is 5.28. The van der Waals surface area contributed by atoms with Crippen molar-refractivity contribution in [1.82, 2.24) is 5.32 Å². The minimum absolute atomic E-state index is 0.133. The number of benzene rings is 1. The van der Waals surface area contributed by atoms with E-state index in [1.165, 1.54) is 12.3 Å². The fourth-order valence-corrected chi connectivity index (χ4v) is 2.88. The maximum Gasteiger partial charge on any atom is 0.147 e. The Hall–Kier alpha value is -0.940. The summed E-state index contributed by atoms with van der Waals surface area (Å²) in [6.07, 6.45) is 3.40. The quantitative estimate of drug-likeness (QED) is 0.713. The molecule has 114 valence electrons. The smallest absolute Gasteiger partial charge is 0.147 e. The maximum atomic E-state index is 13.7. The van der Waals surface area contributed by atoms with Gasteiger partial charge in [-0.3, -0.25) is 0 Å². The molecule has 1 N–H and O–H groups in total. The van der Waals surface area contributed by atoms with Crippen LogP contribution >= 0.6 is 0 Å². The molecule has 1 atom stereocenters. The van der Waals surface area contributed by atoms with Crippen molar-refractivity contribution < 1.29 is 12.8 Å². The molecular formula is C15H24FNO2S. The van der Waals surface area contributed by atoms with Gasteiger partial charge in [-0.2, -0.15) is 0 Å². The molecule has 1 aromatic carbocycles. The van der Waals surface area contributed by atoms with Crippen molar-refractivity contribution in [3.8, 4) is 0 Å². The van der Waals surface area contributed by atoms with Crippen LogP contribution in [-0.4, -0.2) is 33.5 Å².